The number of hydrogen-bond acceptors (Lipinski definition) is 3. The van der Waals surface area contributed by atoms with Gasteiger partial charge in [-0.2, -0.15) is 0 Å². The molecule has 16 heavy (non-hydrogen) atoms. The van der Waals surface area contributed by atoms with E-state index in [1.54, 1.807) is 0 Å². The third-order valence-electron chi connectivity index (χ3n) is 2.38. The van der Waals surface area contributed by atoms with Crippen molar-refractivity contribution in [1.29, 1.82) is 0 Å². The van der Waals surface area contributed by atoms with Crippen LogP contribution >= 0.6 is 0 Å². The molecule has 0 amide bonds. The fraction of sp³-hybridized carbons (Fsp3) is 0.462. The minimum atomic E-state index is 0.607. The van der Waals surface area contributed by atoms with Gasteiger partial charge in [-0.25, -0.2) is 4.98 Å². The van der Waals surface area contributed by atoms with E-state index in [9.17, 15) is 0 Å². The van der Waals surface area contributed by atoms with Crippen LogP contribution in [0.25, 0.3) is 0 Å². The van der Waals surface area contributed by atoms with Crippen LogP contribution in [0.2, 0.25) is 0 Å². The molecule has 1 aromatic rings. The summed E-state index contributed by atoms with van der Waals surface area (Å²) < 4.78 is 0. The second-order valence-corrected chi connectivity index (χ2v) is 3.52. The number of hydrogen-bond donors (Lipinski definition) is 1. The van der Waals surface area contributed by atoms with Crippen molar-refractivity contribution in [2.75, 3.05) is 24.5 Å². The van der Waals surface area contributed by atoms with Gasteiger partial charge in [-0.1, -0.05) is 18.9 Å². The van der Waals surface area contributed by atoms with Crippen LogP contribution in [0, 0.1) is 12.3 Å². The van der Waals surface area contributed by atoms with Gasteiger partial charge >= 0.3 is 0 Å². The molecule has 1 aromatic heterocycles. The van der Waals surface area contributed by atoms with Gasteiger partial charge in [-0.15, -0.1) is 6.42 Å². The van der Waals surface area contributed by atoms with Crippen LogP contribution in [-0.2, 0) is 6.54 Å². The molecule has 1 heterocycles. The first kappa shape index (κ1) is 12.5. The number of nitrogens with zero attached hydrogens (tertiary/aromatic N) is 2. The highest BCUT2D eigenvalue weighted by Gasteiger charge is 2.03. The standard InChI is InChI=1S/C13H19N3/c1-4-9-16(6-3)13-8-7-12(11-15-13)10-14-5-2/h1,7-8,11,14H,5-6,9-10H2,2-3H3. The van der Waals surface area contributed by atoms with Crippen molar-refractivity contribution in [1.82, 2.24) is 10.3 Å². The first-order valence-electron chi connectivity index (χ1n) is 5.65. The van der Waals surface area contributed by atoms with Gasteiger partial charge in [0, 0.05) is 19.3 Å². The molecule has 0 radical (unpaired) electrons. The normalized spacial score (nSPS) is 9.81. The molecule has 0 saturated heterocycles. The van der Waals surface area contributed by atoms with Crippen molar-refractivity contribution in [2.24, 2.45) is 0 Å². The molecule has 0 aliphatic carbocycles. The summed E-state index contributed by atoms with van der Waals surface area (Å²) in [5, 5.41) is 3.27. The Morgan fingerprint density at radius 2 is 2.25 bits per heavy atom. The Morgan fingerprint density at radius 1 is 1.44 bits per heavy atom. The molecule has 86 valence electrons. The molecule has 3 heteroatoms. The van der Waals surface area contributed by atoms with Gasteiger partial charge < -0.3 is 10.2 Å². The van der Waals surface area contributed by atoms with E-state index in [2.05, 4.69) is 41.0 Å². The molecular weight excluding hydrogens is 198 g/mol. The zero-order chi connectivity index (χ0) is 11.8. The van der Waals surface area contributed by atoms with Gasteiger partial charge in [0.15, 0.2) is 0 Å². The molecule has 0 unspecified atom stereocenters. The number of nitrogens with one attached hydrogen (secondary N) is 1. The van der Waals surface area contributed by atoms with Gasteiger partial charge in [0.05, 0.1) is 6.54 Å². The summed E-state index contributed by atoms with van der Waals surface area (Å²) in [4.78, 5) is 6.48. The van der Waals surface area contributed by atoms with E-state index < -0.39 is 0 Å². The predicted molar refractivity (Wildman–Crippen MR) is 68.3 cm³/mol. The number of terminal acetylenes is 1. The number of aromatic nitrogens is 1. The van der Waals surface area contributed by atoms with E-state index in [0.717, 1.165) is 25.5 Å². The molecule has 0 bridgehead atoms. The van der Waals surface area contributed by atoms with Crippen molar-refractivity contribution >= 4 is 5.82 Å². The summed E-state index contributed by atoms with van der Waals surface area (Å²) in [6.07, 6.45) is 7.21. The summed E-state index contributed by atoms with van der Waals surface area (Å²) in [6.45, 7) is 7.49. The average Bonchev–Trinajstić information content (AvgIpc) is 2.34. The Hall–Kier alpha value is -1.53. The summed E-state index contributed by atoms with van der Waals surface area (Å²) >= 11 is 0. The lowest BCUT2D eigenvalue weighted by molar-refractivity contribution is 0.724. The largest absolute Gasteiger partial charge is 0.346 e. The Bertz CT molecular complexity index is 337. The van der Waals surface area contributed by atoms with Crippen molar-refractivity contribution in [2.45, 2.75) is 20.4 Å². The lowest BCUT2D eigenvalue weighted by Crippen LogP contribution is -2.23. The highest BCUT2D eigenvalue weighted by molar-refractivity contribution is 5.40. The lowest BCUT2D eigenvalue weighted by atomic mass is 10.2. The third kappa shape index (κ3) is 3.56. The quantitative estimate of drug-likeness (QED) is 0.734. The van der Waals surface area contributed by atoms with Crippen LogP contribution < -0.4 is 10.2 Å². The van der Waals surface area contributed by atoms with E-state index in [0.29, 0.717) is 6.54 Å². The molecule has 0 aliphatic heterocycles. The van der Waals surface area contributed by atoms with Crippen LogP contribution in [0.4, 0.5) is 5.82 Å². The van der Waals surface area contributed by atoms with Crippen molar-refractivity contribution < 1.29 is 0 Å². The van der Waals surface area contributed by atoms with Crippen LogP contribution in [-0.4, -0.2) is 24.6 Å². The molecule has 0 aromatic carbocycles. The third-order valence-corrected chi connectivity index (χ3v) is 2.38. The molecule has 0 atom stereocenters. The summed E-state index contributed by atoms with van der Waals surface area (Å²) in [6, 6.07) is 4.11. The molecule has 1 N–H and O–H groups in total. The second kappa shape index (κ2) is 6.86. The van der Waals surface area contributed by atoms with E-state index in [1.165, 1.54) is 5.56 Å². The number of rotatable bonds is 6. The first-order valence-corrected chi connectivity index (χ1v) is 5.65. The minimum Gasteiger partial charge on any atom is -0.346 e. The fourth-order valence-electron chi connectivity index (χ4n) is 1.44. The van der Waals surface area contributed by atoms with E-state index in [4.69, 9.17) is 6.42 Å². The topological polar surface area (TPSA) is 28.2 Å². The van der Waals surface area contributed by atoms with Gasteiger partial charge in [0.2, 0.25) is 0 Å². The molecule has 0 fully saturated rings. The molecule has 1 rings (SSSR count). The summed E-state index contributed by atoms with van der Waals surface area (Å²) in [5.74, 6) is 3.58. The maximum absolute atomic E-state index is 5.31. The molecule has 0 aliphatic rings. The molecular formula is C13H19N3. The van der Waals surface area contributed by atoms with Crippen molar-refractivity contribution in [3.05, 3.63) is 23.9 Å². The Labute approximate surface area is 97.9 Å². The summed E-state index contributed by atoms with van der Waals surface area (Å²) in [5.41, 5.74) is 1.20. The first-order chi connectivity index (χ1) is 7.81. The monoisotopic (exact) mass is 217 g/mol. The predicted octanol–water partition coefficient (Wildman–Crippen LogP) is 1.65. The number of anilines is 1. The van der Waals surface area contributed by atoms with Crippen molar-refractivity contribution in [3.63, 3.8) is 0 Å². The van der Waals surface area contributed by atoms with Crippen LogP contribution in [0.5, 0.6) is 0 Å². The van der Waals surface area contributed by atoms with E-state index in [-0.39, 0.29) is 0 Å². The molecule has 0 saturated carbocycles. The Balaban J connectivity index is 2.66. The molecule has 0 spiro atoms. The van der Waals surface area contributed by atoms with Gasteiger partial charge in [-0.3, -0.25) is 0 Å². The number of pyridine rings is 1. The summed E-state index contributed by atoms with van der Waals surface area (Å²) in [7, 11) is 0. The van der Waals surface area contributed by atoms with E-state index >= 15 is 0 Å². The van der Waals surface area contributed by atoms with Gasteiger partial charge in [-0.05, 0) is 25.1 Å². The minimum absolute atomic E-state index is 0.607. The van der Waals surface area contributed by atoms with E-state index in [1.807, 2.05) is 12.3 Å². The highest BCUT2D eigenvalue weighted by Crippen LogP contribution is 2.10. The van der Waals surface area contributed by atoms with Crippen LogP contribution in [0.1, 0.15) is 19.4 Å². The maximum Gasteiger partial charge on any atom is 0.129 e. The lowest BCUT2D eigenvalue weighted by Gasteiger charge is -2.19. The molecule has 3 nitrogen and oxygen atoms in total. The van der Waals surface area contributed by atoms with Gasteiger partial charge in [0.1, 0.15) is 5.82 Å². The second-order valence-electron chi connectivity index (χ2n) is 3.52. The highest BCUT2D eigenvalue weighted by atomic mass is 15.2. The SMILES string of the molecule is C#CCN(CC)c1ccc(CNCC)cn1. The zero-order valence-corrected chi connectivity index (χ0v) is 10.0. The van der Waals surface area contributed by atoms with Crippen LogP contribution in [0.3, 0.4) is 0 Å². The average molecular weight is 217 g/mol. The van der Waals surface area contributed by atoms with Crippen LogP contribution in [0.15, 0.2) is 18.3 Å². The van der Waals surface area contributed by atoms with Crippen molar-refractivity contribution in [3.8, 4) is 12.3 Å². The Kier molecular flexibility index (Phi) is 5.38. The zero-order valence-electron chi connectivity index (χ0n) is 10.0. The smallest absolute Gasteiger partial charge is 0.129 e. The Morgan fingerprint density at radius 3 is 2.75 bits per heavy atom. The maximum atomic E-state index is 5.31. The van der Waals surface area contributed by atoms with Gasteiger partial charge in [0.25, 0.3) is 0 Å². The fourth-order valence-corrected chi connectivity index (χ4v) is 1.44.